The third-order valence-electron chi connectivity index (χ3n) is 5.19. The highest BCUT2D eigenvalue weighted by Gasteiger charge is 2.58. The van der Waals surface area contributed by atoms with E-state index in [0.29, 0.717) is 25.9 Å². The van der Waals surface area contributed by atoms with Crippen LogP contribution in [0.1, 0.15) is 45.1 Å². The number of amides is 2. The van der Waals surface area contributed by atoms with Gasteiger partial charge in [0.15, 0.2) is 0 Å². The molecule has 1 aliphatic carbocycles. The Morgan fingerprint density at radius 1 is 1.28 bits per heavy atom. The molecule has 1 saturated carbocycles. The van der Waals surface area contributed by atoms with Crippen LogP contribution in [-0.4, -0.2) is 42.0 Å². The van der Waals surface area contributed by atoms with Gasteiger partial charge in [-0.15, -0.1) is 0 Å². The van der Waals surface area contributed by atoms with E-state index in [0.717, 1.165) is 25.0 Å². The van der Waals surface area contributed by atoms with Gasteiger partial charge < -0.3 is 15.0 Å². The normalized spacial score (nSPS) is 21.2. The van der Waals surface area contributed by atoms with E-state index in [1.54, 1.807) is 0 Å². The van der Waals surface area contributed by atoms with E-state index in [9.17, 15) is 9.59 Å². The highest BCUT2D eigenvalue weighted by atomic mass is 16.5. The lowest BCUT2D eigenvalue weighted by atomic mass is 10.0. The molecule has 3 rings (SSSR count). The molecule has 0 radical (unpaired) electrons. The van der Waals surface area contributed by atoms with E-state index >= 15 is 0 Å². The molecule has 0 spiro atoms. The molecule has 5 heteroatoms. The van der Waals surface area contributed by atoms with Crippen LogP contribution in [0, 0.1) is 5.41 Å². The number of benzene rings is 1. The summed E-state index contributed by atoms with van der Waals surface area (Å²) in [5.41, 5.74) is 0.220. The summed E-state index contributed by atoms with van der Waals surface area (Å²) in [6.07, 6.45) is 3.40. The van der Waals surface area contributed by atoms with Gasteiger partial charge in [0.1, 0.15) is 5.41 Å². The minimum atomic E-state index is -0.863. The van der Waals surface area contributed by atoms with Crippen molar-refractivity contribution < 1.29 is 14.3 Å². The maximum atomic E-state index is 13.1. The van der Waals surface area contributed by atoms with Crippen molar-refractivity contribution in [3.05, 3.63) is 35.9 Å². The van der Waals surface area contributed by atoms with Crippen molar-refractivity contribution in [1.82, 2.24) is 10.2 Å². The highest BCUT2D eigenvalue weighted by molar-refractivity contribution is 6.07. The number of rotatable bonds is 7. The summed E-state index contributed by atoms with van der Waals surface area (Å²) in [6.45, 7) is 5.82. The summed E-state index contributed by atoms with van der Waals surface area (Å²) >= 11 is 0. The molecule has 5 nitrogen and oxygen atoms in total. The van der Waals surface area contributed by atoms with Crippen LogP contribution in [0.5, 0.6) is 0 Å². The summed E-state index contributed by atoms with van der Waals surface area (Å²) in [7, 11) is 0. The molecule has 0 aromatic heterocycles. The molecule has 136 valence electrons. The maximum absolute atomic E-state index is 13.1. The van der Waals surface area contributed by atoms with Gasteiger partial charge in [0.2, 0.25) is 11.8 Å². The van der Waals surface area contributed by atoms with E-state index in [4.69, 9.17) is 4.74 Å². The summed E-state index contributed by atoms with van der Waals surface area (Å²) < 4.78 is 5.55. The SMILES string of the molecule is CC(C)N(Cc1ccccc1)C(=O)C1(C(=O)NCC2CCCO2)CC1. The lowest BCUT2D eigenvalue weighted by Gasteiger charge is -2.30. The Balaban J connectivity index is 1.64. The molecule has 25 heavy (non-hydrogen) atoms. The Hall–Kier alpha value is -1.88. The maximum Gasteiger partial charge on any atom is 0.238 e. The summed E-state index contributed by atoms with van der Waals surface area (Å²) in [5, 5.41) is 2.95. The molecular weight excluding hydrogens is 316 g/mol. The number of carbonyl (C=O) groups is 2. The van der Waals surface area contributed by atoms with E-state index in [1.165, 1.54) is 0 Å². The second-order valence-corrected chi connectivity index (χ2v) is 7.44. The van der Waals surface area contributed by atoms with Gasteiger partial charge in [-0.1, -0.05) is 30.3 Å². The Labute approximate surface area is 149 Å². The lowest BCUT2D eigenvalue weighted by molar-refractivity contribution is -0.146. The number of hydrogen-bond donors (Lipinski definition) is 1. The fraction of sp³-hybridized carbons (Fsp3) is 0.600. The molecular formula is C20H28N2O3. The van der Waals surface area contributed by atoms with Crippen molar-refractivity contribution in [1.29, 1.82) is 0 Å². The van der Waals surface area contributed by atoms with Crippen LogP contribution in [0.2, 0.25) is 0 Å². The minimum absolute atomic E-state index is 0.0452. The second kappa shape index (κ2) is 7.56. The smallest absolute Gasteiger partial charge is 0.238 e. The van der Waals surface area contributed by atoms with Gasteiger partial charge in [0.05, 0.1) is 6.10 Å². The molecule has 1 aromatic rings. The highest BCUT2D eigenvalue weighted by Crippen LogP contribution is 2.48. The number of nitrogens with zero attached hydrogens (tertiary/aromatic N) is 1. The summed E-state index contributed by atoms with van der Waals surface area (Å²) in [5.74, 6) is -0.178. The first kappa shape index (κ1) is 17.9. The van der Waals surface area contributed by atoms with Gasteiger partial charge in [-0.05, 0) is 45.1 Å². The van der Waals surface area contributed by atoms with Gasteiger partial charge in [0.25, 0.3) is 0 Å². The number of carbonyl (C=O) groups excluding carboxylic acids is 2. The van der Waals surface area contributed by atoms with Gasteiger partial charge >= 0.3 is 0 Å². The molecule has 1 aromatic carbocycles. The zero-order chi connectivity index (χ0) is 17.9. The van der Waals surface area contributed by atoms with Crippen LogP contribution < -0.4 is 5.32 Å². The molecule has 1 saturated heterocycles. The third-order valence-corrected chi connectivity index (χ3v) is 5.19. The lowest BCUT2D eigenvalue weighted by Crippen LogP contribution is -2.48. The van der Waals surface area contributed by atoms with Gasteiger partial charge in [-0.25, -0.2) is 0 Å². The molecule has 1 aliphatic heterocycles. The largest absolute Gasteiger partial charge is 0.376 e. The van der Waals surface area contributed by atoms with E-state index in [1.807, 2.05) is 49.1 Å². The molecule has 1 N–H and O–H groups in total. The topological polar surface area (TPSA) is 58.6 Å². The fourth-order valence-corrected chi connectivity index (χ4v) is 3.39. The van der Waals surface area contributed by atoms with Crippen LogP contribution >= 0.6 is 0 Å². The molecule has 2 fully saturated rings. The fourth-order valence-electron chi connectivity index (χ4n) is 3.39. The van der Waals surface area contributed by atoms with Gasteiger partial charge in [-0.3, -0.25) is 9.59 Å². The van der Waals surface area contributed by atoms with Crippen LogP contribution in [0.3, 0.4) is 0 Å². The first-order chi connectivity index (χ1) is 12.0. The van der Waals surface area contributed by atoms with Gasteiger partial charge in [-0.2, -0.15) is 0 Å². The Morgan fingerprint density at radius 3 is 2.56 bits per heavy atom. The minimum Gasteiger partial charge on any atom is -0.376 e. The van der Waals surface area contributed by atoms with Gasteiger partial charge in [0, 0.05) is 25.7 Å². The molecule has 1 unspecified atom stereocenters. The molecule has 2 amide bonds. The predicted molar refractivity (Wildman–Crippen MR) is 95.8 cm³/mol. The number of hydrogen-bond acceptors (Lipinski definition) is 3. The second-order valence-electron chi connectivity index (χ2n) is 7.44. The standard InChI is InChI=1S/C20H28N2O3/c1-15(2)22(14-16-7-4-3-5-8-16)19(24)20(10-11-20)18(23)21-13-17-9-6-12-25-17/h3-5,7-8,15,17H,6,9-14H2,1-2H3,(H,21,23). The zero-order valence-corrected chi connectivity index (χ0v) is 15.2. The summed E-state index contributed by atoms with van der Waals surface area (Å²) in [6, 6.07) is 9.99. The van der Waals surface area contributed by atoms with Crippen LogP contribution in [0.4, 0.5) is 0 Å². The molecule has 0 bridgehead atoms. The quantitative estimate of drug-likeness (QED) is 0.773. The monoisotopic (exact) mass is 344 g/mol. The third kappa shape index (κ3) is 4.03. The first-order valence-electron chi connectivity index (χ1n) is 9.28. The average molecular weight is 344 g/mol. The van der Waals surface area contributed by atoms with E-state index in [2.05, 4.69) is 5.32 Å². The van der Waals surface area contributed by atoms with Crippen molar-refractivity contribution in [2.24, 2.45) is 5.41 Å². The van der Waals surface area contributed by atoms with E-state index < -0.39 is 5.41 Å². The molecule has 1 heterocycles. The van der Waals surface area contributed by atoms with Crippen molar-refractivity contribution in [3.8, 4) is 0 Å². The number of ether oxygens (including phenoxy) is 1. The van der Waals surface area contributed by atoms with Crippen molar-refractivity contribution in [3.63, 3.8) is 0 Å². The Kier molecular flexibility index (Phi) is 5.42. The van der Waals surface area contributed by atoms with Crippen LogP contribution in [0.15, 0.2) is 30.3 Å². The predicted octanol–water partition coefficient (Wildman–Crippen LogP) is 2.50. The first-order valence-corrected chi connectivity index (χ1v) is 9.28. The van der Waals surface area contributed by atoms with Crippen molar-refractivity contribution >= 4 is 11.8 Å². The van der Waals surface area contributed by atoms with Crippen molar-refractivity contribution in [2.75, 3.05) is 13.2 Å². The zero-order valence-electron chi connectivity index (χ0n) is 15.2. The summed E-state index contributed by atoms with van der Waals surface area (Å²) in [4.78, 5) is 27.7. The molecule has 1 atom stereocenters. The average Bonchev–Trinajstić information content (AvgIpc) is 3.27. The Bertz CT molecular complexity index is 605. The number of nitrogens with one attached hydrogen (secondary N) is 1. The van der Waals surface area contributed by atoms with Crippen LogP contribution in [0.25, 0.3) is 0 Å². The molecule has 2 aliphatic rings. The van der Waals surface area contributed by atoms with Crippen LogP contribution in [-0.2, 0) is 20.9 Å². The van der Waals surface area contributed by atoms with Crippen molar-refractivity contribution in [2.45, 2.75) is 58.2 Å². The van der Waals surface area contributed by atoms with E-state index in [-0.39, 0.29) is 24.0 Å². The Morgan fingerprint density at radius 2 is 2.00 bits per heavy atom.